The van der Waals surface area contributed by atoms with E-state index in [0.717, 1.165) is 0 Å². The van der Waals surface area contributed by atoms with Crippen LogP contribution in [0.2, 0.25) is 0 Å². The molecular weight excluding hydrogens is 320 g/mol. The lowest BCUT2D eigenvalue weighted by atomic mass is 10.2. The van der Waals surface area contributed by atoms with Gasteiger partial charge in [-0.1, -0.05) is 0 Å². The normalized spacial score (nSPS) is 16.1. The maximum atomic E-state index is 11.6. The van der Waals surface area contributed by atoms with E-state index < -0.39 is 25.2 Å². The van der Waals surface area contributed by atoms with Crippen LogP contribution in [0, 0.1) is 0 Å². The molecule has 4 atom stereocenters. The first-order chi connectivity index (χ1) is 11.3. The quantitative estimate of drug-likeness (QED) is 0.284. The minimum Gasteiger partial charge on any atom is -0.436 e. The van der Waals surface area contributed by atoms with Crippen molar-refractivity contribution in [3.05, 3.63) is 0 Å². The molecule has 0 amide bonds. The number of ether oxygens (including phenoxy) is 6. The molecule has 0 heterocycles. The molecule has 0 fully saturated rings. The molecule has 8 heteroatoms. The van der Waals surface area contributed by atoms with Gasteiger partial charge in [0.2, 0.25) is 12.6 Å². The standard InChI is InChI=1S/C16H30O8/c1-11(19-5)21-13(3)23-15(17)9-7-8-10-16(18)24-14(4)22-12(2)20-6/h11-14H,7-10H2,1-6H3. The summed E-state index contributed by atoms with van der Waals surface area (Å²) in [6, 6.07) is 0. The SMILES string of the molecule is COC(C)OC(C)OC(=O)CCCCC(=O)OC(C)OC(C)OC. The van der Waals surface area contributed by atoms with Gasteiger partial charge in [-0.25, -0.2) is 0 Å². The minimum atomic E-state index is -0.682. The Hall–Kier alpha value is -1.22. The first-order valence-electron chi connectivity index (χ1n) is 8.04. The van der Waals surface area contributed by atoms with Gasteiger partial charge in [-0.15, -0.1) is 0 Å². The van der Waals surface area contributed by atoms with E-state index in [2.05, 4.69) is 0 Å². The molecule has 0 aliphatic rings. The van der Waals surface area contributed by atoms with Gasteiger partial charge in [0.25, 0.3) is 0 Å². The maximum Gasteiger partial charge on any atom is 0.308 e. The summed E-state index contributed by atoms with van der Waals surface area (Å²) in [7, 11) is 3.00. The lowest BCUT2D eigenvalue weighted by Gasteiger charge is -2.18. The van der Waals surface area contributed by atoms with Gasteiger partial charge in [-0.3, -0.25) is 9.59 Å². The summed E-state index contributed by atoms with van der Waals surface area (Å²) in [4.78, 5) is 23.2. The second-order valence-electron chi connectivity index (χ2n) is 5.20. The van der Waals surface area contributed by atoms with Gasteiger partial charge in [0, 0.05) is 27.1 Å². The van der Waals surface area contributed by atoms with Crippen molar-refractivity contribution in [1.29, 1.82) is 0 Å². The van der Waals surface area contributed by atoms with Crippen molar-refractivity contribution in [3.8, 4) is 0 Å². The fourth-order valence-corrected chi connectivity index (χ4v) is 1.73. The van der Waals surface area contributed by atoms with Crippen molar-refractivity contribution in [2.75, 3.05) is 14.2 Å². The van der Waals surface area contributed by atoms with Crippen molar-refractivity contribution in [3.63, 3.8) is 0 Å². The molecule has 4 unspecified atom stereocenters. The van der Waals surface area contributed by atoms with Gasteiger partial charge in [0.15, 0.2) is 12.6 Å². The van der Waals surface area contributed by atoms with Crippen molar-refractivity contribution in [1.82, 2.24) is 0 Å². The van der Waals surface area contributed by atoms with E-state index in [1.807, 2.05) is 0 Å². The van der Waals surface area contributed by atoms with Gasteiger partial charge in [-0.2, -0.15) is 0 Å². The third-order valence-electron chi connectivity index (χ3n) is 3.04. The van der Waals surface area contributed by atoms with Crippen molar-refractivity contribution >= 4 is 11.9 Å². The Morgan fingerprint density at radius 2 is 1.00 bits per heavy atom. The van der Waals surface area contributed by atoms with Gasteiger partial charge < -0.3 is 28.4 Å². The molecule has 0 aromatic carbocycles. The van der Waals surface area contributed by atoms with Gasteiger partial charge >= 0.3 is 11.9 Å². The van der Waals surface area contributed by atoms with Crippen LogP contribution in [0.25, 0.3) is 0 Å². The summed E-state index contributed by atoms with van der Waals surface area (Å²) in [5.41, 5.74) is 0. The molecule has 8 nitrogen and oxygen atoms in total. The Balaban J connectivity index is 3.77. The molecular formula is C16H30O8. The van der Waals surface area contributed by atoms with Crippen LogP contribution < -0.4 is 0 Å². The number of carbonyl (C=O) groups excluding carboxylic acids is 2. The predicted molar refractivity (Wildman–Crippen MR) is 84.7 cm³/mol. The Labute approximate surface area is 143 Å². The van der Waals surface area contributed by atoms with E-state index in [1.165, 1.54) is 14.2 Å². The topological polar surface area (TPSA) is 89.5 Å². The number of unbranched alkanes of at least 4 members (excludes halogenated alkanes) is 1. The number of esters is 2. The summed E-state index contributed by atoms with van der Waals surface area (Å²) < 4.78 is 30.4. The summed E-state index contributed by atoms with van der Waals surface area (Å²) in [6.07, 6.45) is -0.824. The highest BCUT2D eigenvalue weighted by Crippen LogP contribution is 2.08. The summed E-state index contributed by atoms with van der Waals surface area (Å²) in [6.45, 7) is 6.64. The molecule has 0 rings (SSSR count). The van der Waals surface area contributed by atoms with Crippen LogP contribution in [0.15, 0.2) is 0 Å². The number of carbonyl (C=O) groups is 2. The van der Waals surface area contributed by atoms with Crippen LogP contribution in [-0.4, -0.2) is 51.3 Å². The molecule has 0 radical (unpaired) electrons. The Bertz CT molecular complexity index is 326. The highest BCUT2D eigenvalue weighted by molar-refractivity contribution is 5.70. The average molecular weight is 350 g/mol. The molecule has 24 heavy (non-hydrogen) atoms. The highest BCUT2D eigenvalue weighted by Gasteiger charge is 2.15. The second-order valence-corrected chi connectivity index (χ2v) is 5.20. The smallest absolute Gasteiger partial charge is 0.308 e. The van der Waals surface area contributed by atoms with E-state index >= 15 is 0 Å². The molecule has 0 N–H and O–H groups in total. The zero-order chi connectivity index (χ0) is 18.5. The fourth-order valence-electron chi connectivity index (χ4n) is 1.73. The van der Waals surface area contributed by atoms with Crippen LogP contribution in [0.4, 0.5) is 0 Å². The highest BCUT2D eigenvalue weighted by atomic mass is 16.8. The third kappa shape index (κ3) is 12.2. The molecule has 0 saturated heterocycles. The fraction of sp³-hybridized carbons (Fsp3) is 0.875. The first kappa shape index (κ1) is 22.8. The number of rotatable bonds is 13. The summed E-state index contributed by atoms with van der Waals surface area (Å²) >= 11 is 0. The van der Waals surface area contributed by atoms with E-state index in [1.54, 1.807) is 27.7 Å². The van der Waals surface area contributed by atoms with Crippen LogP contribution in [0.3, 0.4) is 0 Å². The molecule has 0 aromatic heterocycles. The van der Waals surface area contributed by atoms with E-state index in [9.17, 15) is 9.59 Å². The van der Waals surface area contributed by atoms with Crippen LogP contribution in [0.5, 0.6) is 0 Å². The maximum absolute atomic E-state index is 11.6. The molecule has 142 valence electrons. The van der Waals surface area contributed by atoms with Gasteiger partial charge in [0.05, 0.1) is 0 Å². The zero-order valence-electron chi connectivity index (χ0n) is 15.4. The minimum absolute atomic E-state index is 0.203. The van der Waals surface area contributed by atoms with Gasteiger partial charge in [-0.05, 0) is 40.5 Å². The van der Waals surface area contributed by atoms with Crippen molar-refractivity contribution < 1.29 is 38.0 Å². The zero-order valence-corrected chi connectivity index (χ0v) is 15.4. The van der Waals surface area contributed by atoms with Crippen LogP contribution in [-0.2, 0) is 38.0 Å². The lowest BCUT2D eigenvalue weighted by Crippen LogP contribution is -2.24. The Morgan fingerprint density at radius 1 is 0.667 bits per heavy atom. The lowest BCUT2D eigenvalue weighted by molar-refractivity contribution is -0.224. The number of methoxy groups -OCH3 is 2. The largest absolute Gasteiger partial charge is 0.436 e. The second kappa shape index (κ2) is 13.1. The van der Waals surface area contributed by atoms with Crippen LogP contribution in [0.1, 0.15) is 53.4 Å². The van der Waals surface area contributed by atoms with Crippen molar-refractivity contribution in [2.24, 2.45) is 0 Å². The molecule has 0 spiro atoms. The number of hydrogen-bond acceptors (Lipinski definition) is 8. The molecule has 0 bridgehead atoms. The molecule has 0 saturated carbocycles. The summed E-state index contributed by atoms with van der Waals surface area (Å²) in [5.74, 6) is -0.769. The number of hydrogen-bond donors (Lipinski definition) is 0. The van der Waals surface area contributed by atoms with E-state index in [-0.39, 0.29) is 24.8 Å². The average Bonchev–Trinajstić information content (AvgIpc) is 2.50. The Morgan fingerprint density at radius 3 is 1.29 bits per heavy atom. The van der Waals surface area contributed by atoms with Gasteiger partial charge in [0.1, 0.15) is 0 Å². The molecule has 0 aliphatic heterocycles. The monoisotopic (exact) mass is 350 g/mol. The van der Waals surface area contributed by atoms with E-state index in [0.29, 0.717) is 12.8 Å². The molecule has 0 aromatic rings. The summed E-state index contributed by atoms with van der Waals surface area (Å²) in [5, 5.41) is 0. The van der Waals surface area contributed by atoms with E-state index in [4.69, 9.17) is 28.4 Å². The Kier molecular flexibility index (Phi) is 12.4. The third-order valence-corrected chi connectivity index (χ3v) is 3.04. The molecule has 0 aliphatic carbocycles. The van der Waals surface area contributed by atoms with Crippen LogP contribution >= 0.6 is 0 Å². The van der Waals surface area contributed by atoms with Crippen molar-refractivity contribution in [2.45, 2.75) is 78.5 Å². The first-order valence-corrected chi connectivity index (χ1v) is 8.04. The predicted octanol–water partition coefficient (Wildman–Crippen LogP) is 2.34.